The van der Waals surface area contributed by atoms with Crippen LogP contribution in [0.3, 0.4) is 0 Å². The normalized spacial score (nSPS) is 13.9. The number of carbonyl (C=O) groups excluding carboxylic acids is 1. The highest BCUT2D eigenvalue weighted by Crippen LogP contribution is 2.35. The summed E-state index contributed by atoms with van der Waals surface area (Å²) in [5.41, 5.74) is 0.885. The Morgan fingerprint density at radius 3 is 2.59 bits per heavy atom. The van der Waals surface area contributed by atoms with E-state index >= 15 is 0 Å². The van der Waals surface area contributed by atoms with Crippen molar-refractivity contribution in [3.63, 3.8) is 0 Å². The molecule has 0 bridgehead atoms. The molecular formula is C23H26Cl2FN5O3. The third kappa shape index (κ3) is 5.97. The molecule has 34 heavy (non-hydrogen) atoms. The van der Waals surface area contributed by atoms with Crippen molar-refractivity contribution in [3.05, 3.63) is 47.5 Å². The number of aromatic nitrogens is 2. The summed E-state index contributed by atoms with van der Waals surface area (Å²) in [4.78, 5) is 24.2. The van der Waals surface area contributed by atoms with Crippen molar-refractivity contribution in [1.82, 2.24) is 19.8 Å². The molecule has 3 aromatic rings. The minimum atomic E-state index is -0.481. The van der Waals surface area contributed by atoms with Gasteiger partial charge in [-0.25, -0.2) is 14.4 Å². The molecule has 1 saturated heterocycles. The van der Waals surface area contributed by atoms with Crippen molar-refractivity contribution >= 4 is 52.3 Å². The van der Waals surface area contributed by atoms with Crippen LogP contribution in [-0.4, -0.2) is 72.1 Å². The fourth-order valence-corrected chi connectivity index (χ4v) is 3.88. The Bertz CT molecular complexity index is 1160. The van der Waals surface area contributed by atoms with Gasteiger partial charge in [0, 0.05) is 56.1 Å². The summed E-state index contributed by atoms with van der Waals surface area (Å²) < 4.78 is 25.8. The average molecular weight is 510 g/mol. The molecule has 1 aliphatic rings. The molecule has 4 rings (SSSR count). The van der Waals surface area contributed by atoms with Crippen LogP contribution < -0.4 is 14.8 Å². The number of rotatable bonds is 7. The zero-order valence-electron chi connectivity index (χ0n) is 18.9. The molecule has 1 amide bonds. The number of fused-ring (bicyclic) bond motifs is 1. The number of nitrogens with zero attached hydrogens (tertiary/aromatic N) is 4. The largest absolute Gasteiger partial charge is 0.493 e. The van der Waals surface area contributed by atoms with E-state index in [1.165, 1.54) is 12.4 Å². The van der Waals surface area contributed by atoms with E-state index in [9.17, 15) is 9.18 Å². The van der Waals surface area contributed by atoms with Crippen LogP contribution in [0.4, 0.5) is 15.9 Å². The SMILES string of the molecule is COc1cc2c(Nc3ccc(Cl)cc3F)ncnc2cc1OCCN1CCN(C(C)=O)CC1.Cl. The Morgan fingerprint density at radius 2 is 1.91 bits per heavy atom. The lowest BCUT2D eigenvalue weighted by molar-refractivity contribution is -0.130. The molecule has 11 heteroatoms. The molecule has 0 radical (unpaired) electrons. The Hall–Kier alpha value is -2.88. The highest BCUT2D eigenvalue weighted by atomic mass is 35.5. The zero-order valence-corrected chi connectivity index (χ0v) is 20.5. The Kier molecular flexibility index (Phi) is 8.71. The number of anilines is 2. The van der Waals surface area contributed by atoms with E-state index in [0.717, 1.165) is 32.7 Å². The summed E-state index contributed by atoms with van der Waals surface area (Å²) in [7, 11) is 1.56. The number of carbonyl (C=O) groups is 1. The number of hydrogen-bond donors (Lipinski definition) is 1. The van der Waals surface area contributed by atoms with E-state index in [4.69, 9.17) is 21.1 Å². The monoisotopic (exact) mass is 509 g/mol. The van der Waals surface area contributed by atoms with Crippen molar-refractivity contribution in [2.45, 2.75) is 6.92 Å². The smallest absolute Gasteiger partial charge is 0.219 e. The molecule has 0 saturated carbocycles. The number of benzene rings is 2. The maximum Gasteiger partial charge on any atom is 0.219 e. The molecule has 1 fully saturated rings. The molecule has 1 N–H and O–H groups in total. The molecule has 0 spiro atoms. The van der Waals surface area contributed by atoms with Gasteiger partial charge >= 0.3 is 0 Å². The minimum Gasteiger partial charge on any atom is -0.493 e. The molecule has 182 valence electrons. The average Bonchev–Trinajstić information content (AvgIpc) is 2.81. The molecule has 0 aliphatic carbocycles. The Balaban J connectivity index is 0.00000324. The lowest BCUT2D eigenvalue weighted by Gasteiger charge is -2.34. The van der Waals surface area contributed by atoms with Gasteiger partial charge in [0.15, 0.2) is 11.5 Å². The maximum atomic E-state index is 14.2. The van der Waals surface area contributed by atoms with E-state index in [-0.39, 0.29) is 24.0 Å². The fourth-order valence-electron chi connectivity index (χ4n) is 3.73. The summed E-state index contributed by atoms with van der Waals surface area (Å²) in [5, 5.41) is 3.97. The number of ether oxygens (including phenoxy) is 2. The summed E-state index contributed by atoms with van der Waals surface area (Å²) in [6.07, 6.45) is 1.41. The van der Waals surface area contributed by atoms with Crippen molar-refractivity contribution in [2.24, 2.45) is 0 Å². The van der Waals surface area contributed by atoms with Gasteiger partial charge in [-0.15, -0.1) is 12.4 Å². The zero-order chi connectivity index (χ0) is 23.4. The van der Waals surface area contributed by atoms with Crippen LogP contribution in [0.2, 0.25) is 5.02 Å². The molecule has 2 heterocycles. The molecule has 0 atom stereocenters. The summed E-state index contributed by atoms with van der Waals surface area (Å²) in [5.74, 6) is 1.16. The second-order valence-corrected chi connectivity index (χ2v) is 8.12. The highest BCUT2D eigenvalue weighted by molar-refractivity contribution is 6.30. The van der Waals surface area contributed by atoms with E-state index in [2.05, 4.69) is 20.2 Å². The van der Waals surface area contributed by atoms with Gasteiger partial charge in [0.25, 0.3) is 0 Å². The molecular weight excluding hydrogens is 484 g/mol. The predicted molar refractivity (Wildman–Crippen MR) is 132 cm³/mol. The first-order valence-electron chi connectivity index (χ1n) is 10.6. The first kappa shape index (κ1) is 25.7. The van der Waals surface area contributed by atoms with Gasteiger partial charge in [0.2, 0.25) is 5.91 Å². The van der Waals surface area contributed by atoms with Gasteiger partial charge < -0.3 is 19.7 Å². The van der Waals surface area contributed by atoms with Crippen molar-refractivity contribution in [2.75, 3.05) is 51.8 Å². The van der Waals surface area contributed by atoms with Crippen LogP contribution in [0.1, 0.15) is 6.92 Å². The van der Waals surface area contributed by atoms with Gasteiger partial charge in [-0.1, -0.05) is 11.6 Å². The molecule has 8 nitrogen and oxygen atoms in total. The van der Waals surface area contributed by atoms with Gasteiger partial charge in [-0.3, -0.25) is 9.69 Å². The quantitative estimate of drug-likeness (QED) is 0.512. The molecule has 0 unspecified atom stereocenters. The summed E-state index contributed by atoms with van der Waals surface area (Å²) >= 11 is 5.84. The number of amides is 1. The Labute approximate surface area is 208 Å². The van der Waals surface area contributed by atoms with Crippen LogP contribution in [0.15, 0.2) is 36.7 Å². The van der Waals surface area contributed by atoms with Crippen LogP contribution in [-0.2, 0) is 4.79 Å². The number of methoxy groups -OCH3 is 1. The summed E-state index contributed by atoms with van der Waals surface area (Å²) in [6.45, 7) is 5.91. The first-order valence-corrected chi connectivity index (χ1v) is 11.0. The van der Waals surface area contributed by atoms with E-state index in [1.807, 2.05) is 4.90 Å². The number of halogens is 3. The van der Waals surface area contributed by atoms with Crippen LogP contribution in [0.25, 0.3) is 10.9 Å². The molecule has 1 aromatic heterocycles. The van der Waals surface area contributed by atoms with Gasteiger partial charge in [-0.2, -0.15) is 0 Å². The van der Waals surface area contributed by atoms with Crippen molar-refractivity contribution in [1.29, 1.82) is 0 Å². The second kappa shape index (κ2) is 11.5. The molecule has 1 aliphatic heterocycles. The van der Waals surface area contributed by atoms with Gasteiger partial charge in [0.1, 0.15) is 24.6 Å². The van der Waals surface area contributed by atoms with E-state index in [0.29, 0.717) is 39.8 Å². The standard InChI is InChI=1S/C23H25ClFN5O3.ClH/c1-15(31)30-7-5-29(6-8-30)9-10-33-22-13-20-17(12-21(22)32-2)23(27-14-26-20)28-19-4-3-16(24)11-18(19)25;/h3-4,11-14H,5-10H2,1-2H3,(H,26,27,28);1H. The summed E-state index contributed by atoms with van der Waals surface area (Å²) in [6, 6.07) is 7.94. The highest BCUT2D eigenvalue weighted by Gasteiger charge is 2.19. The Morgan fingerprint density at radius 1 is 1.15 bits per heavy atom. The third-order valence-electron chi connectivity index (χ3n) is 5.59. The van der Waals surface area contributed by atoms with Crippen LogP contribution >= 0.6 is 24.0 Å². The number of nitrogens with one attached hydrogen (secondary N) is 1. The van der Waals surface area contributed by atoms with Crippen LogP contribution in [0.5, 0.6) is 11.5 Å². The van der Waals surface area contributed by atoms with Gasteiger partial charge in [0.05, 0.1) is 18.3 Å². The topological polar surface area (TPSA) is 79.8 Å². The number of piperazine rings is 1. The predicted octanol–water partition coefficient (Wildman–Crippen LogP) is 4.14. The molecule has 2 aromatic carbocycles. The van der Waals surface area contributed by atoms with Crippen molar-refractivity contribution in [3.8, 4) is 11.5 Å². The van der Waals surface area contributed by atoms with Crippen LogP contribution in [0, 0.1) is 5.82 Å². The van der Waals surface area contributed by atoms with E-state index in [1.54, 1.807) is 38.3 Å². The number of hydrogen-bond acceptors (Lipinski definition) is 7. The van der Waals surface area contributed by atoms with Gasteiger partial charge in [-0.05, 0) is 24.3 Å². The minimum absolute atomic E-state index is 0. The first-order chi connectivity index (χ1) is 15.9. The fraction of sp³-hybridized carbons (Fsp3) is 0.348. The lowest BCUT2D eigenvalue weighted by atomic mass is 10.2. The second-order valence-electron chi connectivity index (χ2n) is 7.69. The van der Waals surface area contributed by atoms with E-state index < -0.39 is 5.82 Å². The van der Waals surface area contributed by atoms with Crippen molar-refractivity contribution < 1.29 is 18.7 Å². The lowest BCUT2D eigenvalue weighted by Crippen LogP contribution is -2.48. The maximum absolute atomic E-state index is 14.2. The third-order valence-corrected chi connectivity index (χ3v) is 5.82.